The van der Waals surface area contributed by atoms with Gasteiger partial charge in [-0.3, -0.25) is 0 Å². The van der Waals surface area contributed by atoms with Crippen molar-refractivity contribution in [2.45, 2.75) is 19.9 Å². The summed E-state index contributed by atoms with van der Waals surface area (Å²) in [5.74, 6) is 0. The predicted octanol–water partition coefficient (Wildman–Crippen LogP) is 4.43. The van der Waals surface area contributed by atoms with Gasteiger partial charge in [0.1, 0.15) is 0 Å². The number of halogens is 1. The zero-order valence-electron chi connectivity index (χ0n) is 11.5. The normalized spacial score (nSPS) is 12.2. The fourth-order valence-electron chi connectivity index (χ4n) is 2.24. The van der Waals surface area contributed by atoms with E-state index in [-0.39, 0.29) is 6.04 Å². The van der Waals surface area contributed by atoms with E-state index in [2.05, 4.69) is 31.9 Å². The van der Waals surface area contributed by atoms with Crippen LogP contribution in [0, 0.1) is 6.92 Å². The molecule has 1 atom stereocenters. The minimum Gasteiger partial charge on any atom is -0.399 e. The van der Waals surface area contributed by atoms with Crippen LogP contribution in [0.15, 0.2) is 42.5 Å². The molecule has 1 unspecified atom stereocenters. The lowest BCUT2D eigenvalue weighted by atomic mass is 10.1. The first-order valence-corrected chi connectivity index (χ1v) is 6.72. The number of benzene rings is 2. The maximum atomic E-state index is 6.27. The van der Waals surface area contributed by atoms with Gasteiger partial charge in [0.05, 0.1) is 6.04 Å². The fraction of sp³-hybridized carbons (Fsp3) is 0.250. The number of hydrogen-bond donors (Lipinski definition) is 1. The molecule has 2 aromatic carbocycles. The van der Waals surface area contributed by atoms with E-state index in [4.69, 9.17) is 17.3 Å². The van der Waals surface area contributed by atoms with Crippen LogP contribution in [0.3, 0.4) is 0 Å². The highest BCUT2D eigenvalue weighted by atomic mass is 35.5. The first kappa shape index (κ1) is 13.8. The van der Waals surface area contributed by atoms with E-state index in [0.29, 0.717) is 0 Å². The number of rotatable bonds is 3. The standard InChI is InChI=1S/C16H19ClN2/c1-11-8-9-13(18)10-16(11)19(3)12(2)14-6-4-5-7-15(14)17/h4-10,12H,18H2,1-3H3. The largest absolute Gasteiger partial charge is 0.399 e. The summed E-state index contributed by atoms with van der Waals surface area (Å²) < 4.78 is 0. The van der Waals surface area contributed by atoms with Gasteiger partial charge >= 0.3 is 0 Å². The van der Waals surface area contributed by atoms with Crippen molar-refractivity contribution in [3.05, 3.63) is 58.6 Å². The smallest absolute Gasteiger partial charge is 0.0525 e. The van der Waals surface area contributed by atoms with Crippen molar-refractivity contribution in [1.29, 1.82) is 0 Å². The number of nitrogens with two attached hydrogens (primary N) is 1. The van der Waals surface area contributed by atoms with Crippen LogP contribution in [-0.4, -0.2) is 7.05 Å². The van der Waals surface area contributed by atoms with Crippen LogP contribution >= 0.6 is 11.6 Å². The van der Waals surface area contributed by atoms with Gasteiger partial charge in [-0.2, -0.15) is 0 Å². The molecule has 0 heterocycles. The highest BCUT2D eigenvalue weighted by molar-refractivity contribution is 6.31. The Hall–Kier alpha value is -1.67. The lowest BCUT2D eigenvalue weighted by Crippen LogP contribution is -2.22. The summed E-state index contributed by atoms with van der Waals surface area (Å²) in [5, 5.41) is 0.795. The minimum absolute atomic E-state index is 0.189. The van der Waals surface area contributed by atoms with E-state index >= 15 is 0 Å². The highest BCUT2D eigenvalue weighted by Gasteiger charge is 2.16. The molecule has 2 aromatic rings. The van der Waals surface area contributed by atoms with Crippen LogP contribution in [0.25, 0.3) is 0 Å². The van der Waals surface area contributed by atoms with Gasteiger partial charge in [-0.25, -0.2) is 0 Å². The Morgan fingerprint density at radius 2 is 1.84 bits per heavy atom. The summed E-state index contributed by atoms with van der Waals surface area (Å²) in [7, 11) is 2.07. The van der Waals surface area contributed by atoms with Gasteiger partial charge in [0, 0.05) is 23.4 Å². The Labute approximate surface area is 119 Å². The summed E-state index contributed by atoms with van der Waals surface area (Å²) in [5.41, 5.74) is 10.1. The van der Waals surface area contributed by atoms with Crippen LogP contribution in [0.5, 0.6) is 0 Å². The van der Waals surface area contributed by atoms with Crippen LogP contribution in [-0.2, 0) is 0 Å². The monoisotopic (exact) mass is 274 g/mol. The number of aryl methyl sites for hydroxylation is 1. The number of nitrogen functional groups attached to an aromatic ring is 1. The molecule has 3 heteroatoms. The van der Waals surface area contributed by atoms with Crippen molar-refractivity contribution in [3.63, 3.8) is 0 Å². The third-order valence-electron chi connectivity index (χ3n) is 3.55. The molecule has 0 aliphatic heterocycles. The predicted molar refractivity (Wildman–Crippen MR) is 83.9 cm³/mol. The molecule has 0 spiro atoms. The average Bonchev–Trinajstić information content (AvgIpc) is 2.40. The van der Waals surface area contributed by atoms with E-state index in [0.717, 1.165) is 22.0 Å². The molecule has 0 aliphatic carbocycles. The molecule has 0 bridgehead atoms. The summed E-state index contributed by atoms with van der Waals surface area (Å²) in [6.45, 7) is 4.23. The topological polar surface area (TPSA) is 29.3 Å². The minimum atomic E-state index is 0.189. The Balaban J connectivity index is 2.36. The highest BCUT2D eigenvalue weighted by Crippen LogP contribution is 2.32. The lowest BCUT2D eigenvalue weighted by Gasteiger charge is -2.29. The molecule has 0 radical (unpaired) electrons. The van der Waals surface area contributed by atoms with Crippen molar-refractivity contribution >= 4 is 23.0 Å². The van der Waals surface area contributed by atoms with E-state index in [1.807, 2.05) is 36.4 Å². The van der Waals surface area contributed by atoms with Crippen molar-refractivity contribution in [2.24, 2.45) is 0 Å². The quantitative estimate of drug-likeness (QED) is 0.839. The summed E-state index contributed by atoms with van der Waals surface area (Å²) in [6, 6.07) is 14.1. The molecule has 0 amide bonds. The van der Waals surface area contributed by atoms with Gasteiger partial charge in [0.15, 0.2) is 0 Å². The Kier molecular flexibility index (Phi) is 4.01. The van der Waals surface area contributed by atoms with E-state index in [1.165, 1.54) is 5.56 Å². The van der Waals surface area contributed by atoms with Crippen LogP contribution in [0.1, 0.15) is 24.1 Å². The van der Waals surface area contributed by atoms with Crippen LogP contribution < -0.4 is 10.6 Å². The first-order valence-electron chi connectivity index (χ1n) is 6.34. The van der Waals surface area contributed by atoms with E-state index in [1.54, 1.807) is 0 Å². The van der Waals surface area contributed by atoms with Crippen molar-refractivity contribution in [2.75, 3.05) is 17.7 Å². The number of hydrogen-bond acceptors (Lipinski definition) is 2. The van der Waals surface area contributed by atoms with E-state index < -0.39 is 0 Å². The molecular formula is C16H19ClN2. The maximum absolute atomic E-state index is 6.27. The van der Waals surface area contributed by atoms with Gasteiger partial charge in [0.25, 0.3) is 0 Å². The molecule has 0 aliphatic rings. The molecule has 0 saturated carbocycles. The summed E-state index contributed by atoms with van der Waals surface area (Å²) >= 11 is 6.27. The fourth-order valence-corrected chi connectivity index (χ4v) is 2.53. The summed E-state index contributed by atoms with van der Waals surface area (Å²) in [6.07, 6.45) is 0. The van der Waals surface area contributed by atoms with Gasteiger partial charge in [0.2, 0.25) is 0 Å². The van der Waals surface area contributed by atoms with Gasteiger partial charge in [-0.1, -0.05) is 35.9 Å². The first-order chi connectivity index (χ1) is 9.00. The molecule has 0 fully saturated rings. The molecule has 2 nitrogen and oxygen atoms in total. The zero-order chi connectivity index (χ0) is 14.0. The molecule has 0 aromatic heterocycles. The molecule has 0 saturated heterocycles. The SMILES string of the molecule is Cc1ccc(N)cc1N(C)C(C)c1ccccc1Cl. The Bertz CT molecular complexity index is 581. The van der Waals surface area contributed by atoms with Crippen molar-refractivity contribution in [3.8, 4) is 0 Å². The second kappa shape index (κ2) is 5.54. The average molecular weight is 275 g/mol. The second-order valence-corrected chi connectivity index (χ2v) is 5.26. The number of nitrogens with zero attached hydrogens (tertiary/aromatic N) is 1. The third-order valence-corrected chi connectivity index (χ3v) is 3.89. The Morgan fingerprint density at radius 3 is 2.53 bits per heavy atom. The Morgan fingerprint density at radius 1 is 1.16 bits per heavy atom. The molecule has 100 valence electrons. The van der Waals surface area contributed by atoms with Gasteiger partial charge in [-0.05, 0) is 43.2 Å². The third kappa shape index (κ3) is 2.85. The van der Waals surface area contributed by atoms with Gasteiger partial charge < -0.3 is 10.6 Å². The molecule has 19 heavy (non-hydrogen) atoms. The molecular weight excluding hydrogens is 256 g/mol. The molecule has 2 N–H and O–H groups in total. The number of anilines is 2. The van der Waals surface area contributed by atoms with Crippen molar-refractivity contribution in [1.82, 2.24) is 0 Å². The summed E-state index contributed by atoms with van der Waals surface area (Å²) in [4.78, 5) is 2.20. The zero-order valence-corrected chi connectivity index (χ0v) is 12.3. The lowest BCUT2D eigenvalue weighted by molar-refractivity contribution is 0.738. The van der Waals surface area contributed by atoms with Crippen LogP contribution in [0.2, 0.25) is 5.02 Å². The maximum Gasteiger partial charge on any atom is 0.0525 e. The van der Waals surface area contributed by atoms with Crippen LogP contribution in [0.4, 0.5) is 11.4 Å². The second-order valence-electron chi connectivity index (χ2n) is 4.85. The van der Waals surface area contributed by atoms with E-state index in [9.17, 15) is 0 Å². The molecule has 2 rings (SSSR count). The van der Waals surface area contributed by atoms with Crippen molar-refractivity contribution < 1.29 is 0 Å². The van der Waals surface area contributed by atoms with Gasteiger partial charge in [-0.15, -0.1) is 0 Å².